The van der Waals surface area contributed by atoms with E-state index in [-0.39, 0.29) is 32.5 Å². The van der Waals surface area contributed by atoms with Gasteiger partial charge in [0.05, 0.1) is 22.8 Å². The minimum absolute atomic E-state index is 0.000217. The number of hydrogen-bond acceptors (Lipinski definition) is 2. The standard InChI is InChI=1S/C42H54N2/c1-37(2,3)27-21-29-25-30(22-27)40(9,10)34-18-16-20-36(44-34)42(13,14)32-24-28(38(4,5)6)23-31(26-32)41(11,12)35-19-15-17-33(43-35)39(29,7)8/h15-26H,1-14H3. The van der Waals surface area contributed by atoms with E-state index in [1.165, 1.54) is 33.4 Å². The molecule has 5 rings (SSSR count). The highest BCUT2D eigenvalue weighted by Gasteiger charge is 2.36. The summed E-state index contributed by atoms with van der Waals surface area (Å²) in [6.45, 7) is 32.5. The molecule has 1 aliphatic rings. The Labute approximate surface area is 267 Å². The fourth-order valence-electron chi connectivity index (χ4n) is 6.42. The molecule has 0 unspecified atom stereocenters. The van der Waals surface area contributed by atoms with Crippen LogP contribution in [0.2, 0.25) is 0 Å². The van der Waals surface area contributed by atoms with Crippen LogP contribution in [0.25, 0.3) is 0 Å². The average molecular weight is 587 g/mol. The second-order valence-electron chi connectivity index (χ2n) is 17.4. The Hall–Kier alpha value is -3.26. The van der Waals surface area contributed by atoms with E-state index >= 15 is 0 Å². The Bertz CT molecular complexity index is 1490. The van der Waals surface area contributed by atoms with Crippen molar-refractivity contribution in [3.05, 3.63) is 129 Å². The molecule has 0 N–H and O–H groups in total. The molecule has 3 heterocycles. The van der Waals surface area contributed by atoms with Crippen LogP contribution in [-0.4, -0.2) is 9.97 Å². The van der Waals surface area contributed by atoms with Crippen molar-refractivity contribution in [3.63, 3.8) is 0 Å². The van der Waals surface area contributed by atoms with E-state index in [9.17, 15) is 0 Å². The third-order valence-corrected chi connectivity index (χ3v) is 10.5. The average Bonchev–Trinajstić information content (AvgIpc) is 2.95. The van der Waals surface area contributed by atoms with Crippen molar-refractivity contribution in [3.8, 4) is 0 Å². The van der Waals surface area contributed by atoms with Crippen molar-refractivity contribution in [1.29, 1.82) is 0 Å². The third-order valence-electron chi connectivity index (χ3n) is 10.5. The summed E-state index contributed by atoms with van der Waals surface area (Å²) in [6.07, 6.45) is 0. The zero-order valence-corrected chi connectivity index (χ0v) is 29.8. The van der Waals surface area contributed by atoms with E-state index in [0.29, 0.717) is 0 Å². The molecular weight excluding hydrogens is 532 g/mol. The SMILES string of the molecule is CC(C)(C)c1cc2cc(c1)C(C)(C)c1cccc(n1)C(C)(C)c1cc(C(C)(C)C)cc(c1)C(C)(C)c1cccc(n1)C2(C)C. The van der Waals surface area contributed by atoms with Gasteiger partial charge in [0.25, 0.3) is 0 Å². The van der Waals surface area contributed by atoms with Crippen LogP contribution < -0.4 is 0 Å². The van der Waals surface area contributed by atoms with E-state index in [1.807, 2.05) is 0 Å². The molecular formula is C42H54N2. The van der Waals surface area contributed by atoms with E-state index in [0.717, 1.165) is 22.8 Å². The van der Waals surface area contributed by atoms with Gasteiger partial charge in [-0.3, -0.25) is 9.97 Å². The first-order valence-corrected chi connectivity index (χ1v) is 16.3. The predicted octanol–water partition coefficient (Wildman–Crippen LogP) is 10.7. The molecule has 0 radical (unpaired) electrons. The highest BCUT2D eigenvalue weighted by molar-refractivity contribution is 5.50. The number of benzene rings is 2. The largest absolute Gasteiger partial charge is 0.256 e. The first-order chi connectivity index (χ1) is 20.1. The van der Waals surface area contributed by atoms with E-state index in [4.69, 9.17) is 9.97 Å². The van der Waals surface area contributed by atoms with Crippen molar-refractivity contribution in [2.45, 2.75) is 129 Å². The molecule has 2 heteroatoms. The maximum atomic E-state index is 5.48. The van der Waals surface area contributed by atoms with Gasteiger partial charge in [0.1, 0.15) is 0 Å². The van der Waals surface area contributed by atoms with Gasteiger partial charge in [0, 0.05) is 21.7 Å². The van der Waals surface area contributed by atoms with Gasteiger partial charge in [-0.25, -0.2) is 0 Å². The molecule has 4 aromatic rings. The molecule has 0 amide bonds. The van der Waals surface area contributed by atoms with Crippen LogP contribution in [0.4, 0.5) is 0 Å². The molecule has 8 bridgehead atoms. The van der Waals surface area contributed by atoms with Gasteiger partial charge in [-0.2, -0.15) is 0 Å². The second-order valence-corrected chi connectivity index (χ2v) is 17.4. The predicted molar refractivity (Wildman–Crippen MR) is 187 cm³/mol. The van der Waals surface area contributed by atoms with Crippen molar-refractivity contribution in [2.24, 2.45) is 0 Å². The number of fused-ring (bicyclic) bond motifs is 8. The third kappa shape index (κ3) is 5.44. The van der Waals surface area contributed by atoms with Gasteiger partial charge >= 0.3 is 0 Å². The van der Waals surface area contributed by atoms with E-state index in [2.05, 4.69) is 170 Å². The van der Waals surface area contributed by atoms with Crippen LogP contribution in [0.1, 0.15) is 153 Å². The number of rotatable bonds is 0. The highest BCUT2D eigenvalue weighted by Crippen LogP contribution is 2.43. The first-order valence-electron chi connectivity index (χ1n) is 16.3. The monoisotopic (exact) mass is 586 g/mol. The second kappa shape index (κ2) is 10.1. The lowest BCUT2D eigenvalue weighted by Crippen LogP contribution is -2.30. The van der Waals surface area contributed by atoms with Crippen molar-refractivity contribution >= 4 is 0 Å². The Morgan fingerprint density at radius 2 is 0.614 bits per heavy atom. The number of aromatic nitrogens is 2. The molecule has 2 aromatic heterocycles. The fourth-order valence-corrected chi connectivity index (χ4v) is 6.42. The summed E-state index contributed by atoms with van der Waals surface area (Å²) in [5, 5.41) is 0. The summed E-state index contributed by atoms with van der Waals surface area (Å²) in [5.41, 5.74) is 11.0. The van der Waals surface area contributed by atoms with Crippen LogP contribution >= 0.6 is 0 Å². The smallest absolute Gasteiger partial charge is 0.0507 e. The number of nitrogens with zero attached hydrogens (tertiary/aromatic N) is 2. The molecule has 0 saturated heterocycles. The van der Waals surface area contributed by atoms with Crippen LogP contribution in [0.15, 0.2) is 72.8 Å². The molecule has 2 nitrogen and oxygen atoms in total. The van der Waals surface area contributed by atoms with Gasteiger partial charge in [-0.1, -0.05) is 145 Å². The zero-order chi connectivity index (χ0) is 32.7. The summed E-state index contributed by atoms with van der Waals surface area (Å²) < 4.78 is 0. The quantitative estimate of drug-likeness (QED) is 0.205. The summed E-state index contributed by atoms with van der Waals surface area (Å²) in [6, 6.07) is 27.7. The minimum Gasteiger partial charge on any atom is -0.256 e. The topological polar surface area (TPSA) is 25.8 Å². The number of pyridine rings is 2. The highest BCUT2D eigenvalue weighted by atomic mass is 14.8. The molecule has 2 aromatic carbocycles. The Balaban J connectivity index is 1.92. The van der Waals surface area contributed by atoms with Crippen molar-refractivity contribution in [1.82, 2.24) is 9.97 Å². The molecule has 0 aliphatic carbocycles. The van der Waals surface area contributed by atoms with Crippen LogP contribution in [0.3, 0.4) is 0 Å². The maximum Gasteiger partial charge on any atom is 0.0507 e. The Morgan fingerprint density at radius 3 is 0.818 bits per heavy atom. The van der Waals surface area contributed by atoms with Gasteiger partial charge in [0.2, 0.25) is 0 Å². The van der Waals surface area contributed by atoms with Crippen LogP contribution in [-0.2, 0) is 32.5 Å². The van der Waals surface area contributed by atoms with Gasteiger partial charge < -0.3 is 0 Å². The normalized spacial score (nSPS) is 18.5. The van der Waals surface area contributed by atoms with Crippen molar-refractivity contribution in [2.75, 3.05) is 0 Å². The first kappa shape index (κ1) is 32.1. The number of hydrogen-bond donors (Lipinski definition) is 0. The summed E-state index contributed by atoms with van der Waals surface area (Å²) in [5.74, 6) is 0. The van der Waals surface area contributed by atoms with Crippen molar-refractivity contribution < 1.29 is 0 Å². The summed E-state index contributed by atoms with van der Waals surface area (Å²) >= 11 is 0. The fraction of sp³-hybridized carbons (Fsp3) is 0.476. The molecule has 232 valence electrons. The molecule has 44 heavy (non-hydrogen) atoms. The molecule has 0 fully saturated rings. The van der Waals surface area contributed by atoms with E-state index in [1.54, 1.807) is 0 Å². The van der Waals surface area contributed by atoms with Gasteiger partial charge in [0.15, 0.2) is 0 Å². The lowest BCUT2D eigenvalue weighted by molar-refractivity contribution is 0.541. The zero-order valence-electron chi connectivity index (χ0n) is 29.8. The molecule has 1 aliphatic heterocycles. The lowest BCUT2D eigenvalue weighted by Gasteiger charge is -2.36. The Morgan fingerprint density at radius 1 is 0.386 bits per heavy atom. The summed E-state index contributed by atoms with van der Waals surface area (Å²) in [4.78, 5) is 11.0. The molecule has 0 atom stereocenters. The summed E-state index contributed by atoms with van der Waals surface area (Å²) in [7, 11) is 0. The molecule has 0 spiro atoms. The van der Waals surface area contributed by atoms with Crippen LogP contribution in [0, 0.1) is 0 Å². The Kier molecular flexibility index (Phi) is 7.40. The minimum atomic E-state index is -0.301. The lowest BCUT2D eigenvalue weighted by atomic mass is 9.70. The van der Waals surface area contributed by atoms with Crippen LogP contribution in [0.5, 0.6) is 0 Å². The van der Waals surface area contributed by atoms with Gasteiger partial charge in [-0.05, 0) is 68.5 Å². The van der Waals surface area contributed by atoms with Gasteiger partial charge in [-0.15, -0.1) is 0 Å². The molecule has 0 saturated carbocycles. The maximum absolute atomic E-state index is 5.48. The van der Waals surface area contributed by atoms with E-state index < -0.39 is 0 Å².